The second-order valence-electron chi connectivity index (χ2n) is 9.62. The number of pyridine rings is 1. The Bertz CT molecular complexity index is 1150. The number of nitrogens with zero attached hydrogens (tertiary/aromatic N) is 3. The number of fused-ring (bicyclic) bond motifs is 1. The number of piperidine rings is 1. The second-order valence-corrected chi connectivity index (χ2v) is 9.62. The molecule has 0 radical (unpaired) electrons. The molecule has 7 heteroatoms. The molecular weight excluding hydrogens is 418 g/mol. The summed E-state index contributed by atoms with van der Waals surface area (Å²) >= 11 is 0. The van der Waals surface area contributed by atoms with Gasteiger partial charge in [-0.3, -0.25) is 0 Å². The van der Waals surface area contributed by atoms with Crippen molar-refractivity contribution in [1.29, 1.82) is 0 Å². The van der Waals surface area contributed by atoms with Gasteiger partial charge in [-0.25, -0.2) is 9.78 Å². The minimum atomic E-state index is -0.469. The van der Waals surface area contributed by atoms with Crippen molar-refractivity contribution >= 4 is 11.7 Å². The Hall–Kier alpha value is -3.22. The maximum absolute atomic E-state index is 12.4. The van der Waals surface area contributed by atoms with Gasteiger partial charge < -0.3 is 23.5 Å². The molecule has 0 aliphatic carbocycles. The predicted octanol–water partition coefficient (Wildman–Crippen LogP) is 5.44. The number of amides is 1. The zero-order valence-corrected chi connectivity index (χ0v) is 20.3. The Morgan fingerprint density at radius 2 is 1.73 bits per heavy atom. The van der Waals surface area contributed by atoms with Gasteiger partial charge in [-0.1, -0.05) is 6.07 Å². The highest BCUT2D eigenvalue weighted by atomic mass is 16.6. The first-order valence-electron chi connectivity index (χ1n) is 11.4. The van der Waals surface area contributed by atoms with E-state index in [1.165, 1.54) is 5.56 Å². The monoisotopic (exact) mass is 451 g/mol. The maximum atomic E-state index is 12.4. The third-order valence-corrected chi connectivity index (χ3v) is 6.05. The third-order valence-electron chi connectivity index (χ3n) is 6.05. The summed E-state index contributed by atoms with van der Waals surface area (Å²) in [6.07, 6.45) is 5.85. The van der Waals surface area contributed by atoms with Gasteiger partial charge in [0.2, 0.25) is 0 Å². The van der Waals surface area contributed by atoms with Crippen LogP contribution in [-0.4, -0.2) is 53.3 Å². The van der Waals surface area contributed by atoms with E-state index >= 15 is 0 Å². The second kappa shape index (κ2) is 8.96. The van der Waals surface area contributed by atoms with Crippen molar-refractivity contribution in [2.24, 2.45) is 0 Å². The van der Waals surface area contributed by atoms with E-state index in [9.17, 15) is 4.79 Å². The first-order valence-corrected chi connectivity index (χ1v) is 11.4. The lowest BCUT2D eigenvalue weighted by molar-refractivity contribution is 0.0204. The van der Waals surface area contributed by atoms with Crippen LogP contribution in [0.15, 0.2) is 36.7 Å². The summed E-state index contributed by atoms with van der Waals surface area (Å²) in [5.41, 5.74) is 4.74. The van der Waals surface area contributed by atoms with E-state index in [2.05, 4.69) is 29.8 Å². The summed E-state index contributed by atoms with van der Waals surface area (Å²) in [6, 6.07) is 8.07. The van der Waals surface area contributed by atoms with E-state index in [4.69, 9.17) is 19.2 Å². The minimum Gasteiger partial charge on any atom is -0.493 e. The fourth-order valence-corrected chi connectivity index (χ4v) is 4.38. The predicted molar refractivity (Wildman–Crippen MR) is 128 cm³/mol. The van der Waals surface area contributed by atoms with Crippen molar-refractivity contribution in [2.75, 3.05) is 27.3 Å². The Morgan fingerprint density at radius 1 is 1.03 bits per heavy atom. The average molecular weight is 452 g/mol. The molecule has 0 unspecified atom stereocenters. The summed E-state index contributed by atoms with van der Waals surface area (Å²) in [4.78, 5) is 19.1. The van der Waals surface area contributed by atoms with Gasteiger partial charge in [0.25, 0.3) is 0 Å². The highest BCUT2D eigenvalue weighted by molar-refractivity contribution is 5.69. The van der Waals surface area contributed by atoms with Gasteiger partial charge in [-0.2, -0.15) is 0 Å². The number of hydrogen-bond donors (Lipinski definition) is 0. The van der Waals surface area contributed by atoms with Gasteiger partial charge in [0, 0.05) is 31.0 Å². The lowest BCUT2D eigenvalue weighted by Crippen LogP contribution is -2.41. The molecule has 3 heterocycles. The van der Waals surface area contributed by atoms with E-state index in [0.717, 1.165) is 35.3 Å². The minimum absolute atomic E-state index is 0.221. The smallest absolute Gasteiger partial charge is 0.410 e. The number of ether oxygens (including phenoxy) is 3. The van der Waals surface area contributed by atoms with Gasteiger partial charge in [0.15, 0.2) is 11.5 Å². The summed E-state index contributed by atoms with van der Waals surface area (Å²) in [5, 5.41) is 0. The Balaban J connectivity index is 1.54. The van der Waals surface area contributed by atoms with Crippen molar-refractivity contribution in [2.45, 2.75) is 52.1 Å². The van der Waals surface area contributed by atoms with Crippen LogP contribution >= 0.6 is 0 Å². The van der Waals surface area contributed by atoms with Crippen LogP contribution in [0.5, 0.6) is 11.5 Å². The molecule has 0 atom stereocenters. The fraction of sp³-hybridized carbons (Fsp3) is 0.462. The molecule has 0 saturated carbocycles. The highest BCUT2D eigenvalue weighted by Gasteiger charge is 2.28. The van der Waals surface area contributed by atoms with Crippen LogP contribution in [0, 0.1) is 6.92 Å². The molecule has 2 aromatic heterocycles. The topological polar surface area (TPSA) is 65.3 Å². The van der Waals surface area contributed by atoms with Crippen LogP contribution in [0.25, 0.3) is 16.9 Å². The molecule has 0 N–H and O–H groups in total. The molecule has 33 heavy (non-hydrogen) atoms. The lowest BCUT2D eigenvalue weighted by Gasteiger charge is -2.33. The molecule has 0 spiro atoms. The van der Waals surface area contributed by atoms with E-state index in [1.807, 2.05) is 43.9 Å². The van der Waals surface area contributed by atoms with Crippen LogP contribution in [-0.2, 0) is 4.74 Å². The lowest BCUT2D eigenvalue weighted by atomic mass is 9.90. The first kappa shape index (κ1) is 23.0. The highest BCUT2D eigenvalue weighted by Crippen LogP contribution is 2.34. The Labute approximate surface area is 195 Å². The van der Waals surface area contributed by atoms with Gasteiger partial charge in [0.1, 0.15) is 11.2 Å². The SMILES string of the molecule is COc1ccc(-c2cn3cc(C4CCN(C(=O)OC(C)(C)C)CC4)cc(C)c3n2)cc1OC. The number of benzene rings is 1. The quantitative estimate of drug-likeness (QED) is 0.528. The van der Waals surface area contributed by atoms with Gasteiger partial charge in [0.05, 0.1) is 19.9 Å². The number of rotatable bonds is 4. The van der Waals surface area contributed by atoms with Gasteiger partial charge in [-0.05, 0) is 75.8 Å². The zero-order valence-electron chi connectivity index (χ0n) is 20.3. The van der Waals surface area contributed by atoms with Crippen LogP contribution in [0.2, 0.25) is 0 Å². The third kappa shape index (κ3) is 4.92. The molecule has 7 nitrogen and oxygen atoms in total. The molecule has 1 amide bonds. The van der Waals surface area contributed by atoms with Crippen molar-refractivity contribution in [1.82, 2.24) is 14.3 Å². The molecule has 1 aromatic carbocycles. The van der Waals surface area contributed by atoms with E-state index in [1.54, 1.807) is 14.2 Å². The molecule has 176 valence electrons. The van der Waals surface area contributed by atoms with Crippen LogP contribution in [0.4, 0.5) is 4.79 Å². The number of aryl methyl sites for hydroxylation is 1. The normalized spacial score (nSPS) is 15.0. The molecular formula is C26H33N3O4. The maximum Gasteiger partial charge on any atom is 0.410 e. The molecule has 1 aliphatic heterocycles. The standard InChI is InChI=1S/C26H33N3O4/c1-17-13-20(18-9-11-28(12-10-18)25(30)33-26(2,3)4)15-29-16-21(27-24(17)29)19-7-8-22(31-5)23(14-19)32-6/h7-8,13-16,18H,9-12H2,1-6H3. The summed E-state index contributed by atoms with van der Waals surface area (Å²) in [7, 11) is 3.27. The zero-order chi connectivity index (χ0) is 23.8. The summed E-state index contributed by atoms with van der Waals surface area (Å²) < 4.78 is 18.4. The van der Waals surface area contributed by atoms with Crippen molar-refractivity contribution in [3.8, 4) is 22.8 Å². The Morgan fingerprint density at radius 3 is 2.36 bits per heavy atom. The molecule has 3 aromatic rings. The summed E-state index contributed by atoms with van der Waals surface area (Å²) in [6.45, 7) is 9.21. The molecule has 1 aliphatic rings. The molecule has 0 bridgehead atoms. The molecule has 1 fully saturated rings. The van der Waals surface area contributed by atoms with Crippen molar-refractivity contribution in [3.63, 3.8) is 0 Å². The number of methoxy groups -OCH3 is 2. The molecule has 1 saturated heterocycles. The fourth-order valence-electron chi connectivity index (χ4n) is 4.38. The van der Waals surface area contributed by atoms with E-state index in [-0.39, 0.29) is 6.09 Å². The number of carbonyl (C=O) groups excluding carboxylic acids is 1. The molecule has 4 rings (SSSR count). The van der Waals surface area contributed by atoms with Crippen LogP contribution in [0.3, 0.4) is 0 Å². The number of carbonyl (C=O) groups is 1. The van der Waals surface area contributed by atoms with E-state index in [0.29, 0.717) is 30.5 Å². The number of imidazole rings is 1. The first-order chi connectivity index (χ1) is 15.7. The van der Waals surface area contributed by atoms with Gasteiger partial charge >= 0.3 is 6.09 Å². The van der Waals surface area contributed by atoms with E-state index < -0.39 is 5.60 Å². The summed E-state index contributed by atoms with van der Waals surface area (Å²) in [5.74, 6) is 1.78. The average Bonchev–Trinajstić information content (AvgIpc) is 3.22. The largest absolute Gasteiger partial charge is 0.493 e. The number of hydrogen-bond acceptors (Lipinski definition) is 5. The van der Waals surface area contributed by atoms with Crippen LogP contribution < -0.4 is 9.47 Å². The van der Waals surface area contributed by atoms with Gasteiger partial charge in [-0.15, -0.1) is 0 Å². The van der Waals surface area contributed by atoms with Crippen LogP contribution in [0.1, 0.15) is 50.7 Å². The van der Waals surface area contributed by atoms with Crippen molar-refractivity contribution < 1.29 is 19.0 Å². The Kier molecular flexibility index (Phi) is 6.23. The number of aromatic nitrogens is 2. The number of likely N-dealkylation sites (tertiary alicyclic amines) is 1. The van der Waals surface area contributed by atoms with Crippen molar-refractivity contribution in [3.05, 3.63) is 47.8 Å².